The number of thioether (sulfide) groups is 1. The molecule has 1 aliphatic heterocycles. The zero-order chi connectivity index (χ0) is 14.7. The molecule has 3 rings (SSSR count). The van der Waals surface area contributed by atoms with Gasteiger partial charge in [-0.2, -0.15) is 5.26 Å². The zero-order valence-electron chi connectivity index (χ0n) is 11.5. The van der Waals surface area contributed by atoms with Crippen LogP contribution >= 0.6 is 11.8 Å². The Bertz CT molecular complexity index is 693. The van der Waals surface area contributed by atoms with Gasteiger partial charge in [0.2, 0.25) is 0 Å². The van der Waals surface area contributed by atoms with Gasteiger partial charge in [-0.05, 0) is 47.6 Å². The summed E-state index contributed by atoms with van der Waals surface area (Å²) in [4.78, 5) is 1.15. The molecule has 21 heavy (non-hydrogen) atoms. The van der Waals surface area contributed by atoms with E-state index in [1.807, 2.05) is 30.3 Å². The van der Waals surface area contributed by atoms with E-state index in [2.05, 4.69) is 11.4 Å². The minimum absolute atomic E-state index is 0.142. The van der Waals surface area contributed by atoms with E-state index in [0.29, 0.717) is 12.1 Å². The average molecular weight is 298 g/mol. The van der Waals surface area contributed by atoms with Crippen molar-refractivity contribution in [2.75, 3.05) is 5.75 Å². The van der Waals surface area contributed by atoms with Crippen LogP contribution in [0.25, 0.3) is 0 Å². The monoisotopic (exact) mass is 298 g/mol. The fourth-order valence-electron chi connectivity index (χ4n) is 2.59. The lowest BCUT2D eigenvalue weighted by Gasteiger charge is -2.26. The van der Waals surface area contributed by atoms with Crippen LogP contribution in [0.15, 0.2) is 47.4 Å². The van der Waals surface area contributed by atoms with E-state index >= 15 is 0 Å². The van der Waals surface area contributed by atoms with E-state index < -0.39 is 0 Å². The molecule has 0 amide bonds. The molecule has 2 aromatic rings. The Morgan fingerprint density at radius 2 is 2.14 bits per heavy atom. The third-order valence-electron chi connectivity index (χ3n) is 3.69. The van der Waals surface area contributed by atoms with Gasteiger partial charge in [-0.25, -0.2) is 4.39 Å². The van der Waals surface area contributed by atoms with Crippen molar-refractivity contribution in [3.63, 3.8) is 0 Å². The highest BCUT2D eigenvalue weighted by Crippen LogP contribution is 2.36. The van der Waals surface area contributed by atoms with Crippen LogP contribution in [0.5, 0.6) is 0 Å². The van der Waals surface area contributed by atoms with Crippen molar-refractivity contribution in [2.24, 2.45) is 0 Å². The molecular formula is C17H15FN2S. The molecule has 1 aliphatic rings. The first-order valence-corrected chi connectivity index (χ1v) is 7.90. The summed E-state index contributed by atoms with van der Waals surface area (Å²) in [6.07, 6.45) is 0.968. The predicted molar refractivity (Wildman–Crippen MR) is 82.5 cm³/mol. The second-order valence-electron chi connectivity index (χ2n) is 5.02. The molecule has 0 bridgehead atoms. The van der Waals surface area contributed by atoms with Crippen LogP contribution in [-0.2, 0) is 6.54 Å². The Morgan fingerprint density at radius 1 is 1.29 bits per heavy atom. The summed E-state index contributed by atoms with van der Waals surface area (Å²) in [6, 6.07) is 14.9. The SMILES string of the molecule is N#Cc1ccccc1CNC1CCSc2ccc(F)cc21. The molecule has 1 N–H and O–H groups in total. The van der Waals surface area contributed by atoms with Gasteiger partial charge in [-0.15, -0.1) is 11.8 Å². The highest BCUT2D eigenvalue weighted by Gasteiger charge is 2.21. The van der Waals surface area contributed by atoms with Crippen LogP contribution in [0.3, 0.4) is 0 Å². The Labute approximate surface area is 128 Å². The molecule has 1 heterocycles. The van der Waals surface area contributed by atoms with Gasteiger partial charge in [0, 0.05) is 17.5 Å². The van der Waals surface area contributed by atoms with Crippen LogP contribution in [0, 0.1) is 17.1 Å². The van der Waals surface area contributed by atoms with Gasteiger partial charge in [-0.3, -0.25) is 0 Å². The van der Waals surface area contributed by atoms with E-state index in [1.54, 1.807) is 17.8 Å². The van der Waals surface area contributed by atoms with Crippen molar-refractivity contribution in [2.45, 2.75) is 23.9 Å². The molecule has 2 nitrogen and oxygen atoms in total. The minimum Gasteiger partial charge on any atom is -0.306 e. The summed E-state index contributed by atoms with van der Waals surface area (Å²) < 4.78 is 13.5. The summed E-state index contributed by atoms with van der Waals surface area (Å²) in [6.45, 7) is 0.620. The van der Waals surface area contributed by atoms with E-state index in [0.717, 1.165) is 28.2 Å². The largest absolute Gasteiger partial charge is 0.306 e. The van der Waals surface area contributed by atoms with Crippen LogP contribution in [0.1, 0.15) is 29.2 Å². The Kier molecular flexibility index (Phi) is 4.23. The summed E-state index contributed by atoms with van der Waals surface area (Å²) in [7, 11) is 0. The molecular weight excluding hydrogens is 283 g/mol. The molecule has 0 spiro atoms. The van der Waals surface area contributed by atoms with Gasteiger partial charge in [0.15, 0.2) is 0 Å². The fourth-order valence-corrected chi connectivity index (χ4v) is 3.70. The van der Waals surface area contributed by atoms with Crippen molar-refractivity contribution >= 4 is 11.8 Å². The Morgan fingerprint density at radius 3 is 3.00 bits per heavy atom. The second-order valence-corrected chi connectivity index (χ2v) is 6.16. The van der Waals surface area contributed by atoms with Crippen molar-refractivity contribution in [3.8, 4) is 6.07 Å². The summed E-state index contributed by atoms with van der Waals surface area (Å²) >= 11 is 1.77. The van der Waals surface area contributed by atoms with Crippen molar-refractivity contribution in [1.29, 1.82) is 5.26 Å². The predicted octanol–water partition coefficient (Wildman–Crippen LogP) is 4.02. The van der Waals surface area contributed by atoms with Gasteiger partial charge in [0.05, 0.1) is 11.6 Å². The molecule has 0 saturated heterocycles. The highest BCUT2D eigenvalue weighted by atomic mass is 32.2. The molecule has 1 atom stereocenters. The maximum atomic E-state index is 13.5. The van der Waals surface area contributed by atoms with Gasteiger partial charge in [0.1, 0.15) is 5.82 Å². The van der Waals surface area contributed by atoms with Gasteiger partial charge < -0.3 is 5.32 Å². The standard InChI is InChI=1S/C17H15FN2S/c18-14-5-6-17-15(9-14)16(7-8-21-17)20-11-13-4-2-1-3-12(13)10-19/h1-6,9,16,20H,7-8,11H2. The summed E-state index contributed by atoms with van der Waals surface area (Å²) in [5.41, 5.74) is 2.70. The zero-order valence-corrected chi connectivity index (χ0v) is 12.3. The molecule has 4 heteroatoms. The molecule has 0 radical (unpaired) electrons. The molecule has 106 valence electrons. The Balaban J connectivity index is 1.78. The topological polar surface area (TPSA) is 35.8 Å². The second kappa shape index (κ2) is 6.30. The number of halogens is 1. The molecule has 0 aliphatic carbocycles. The number of benzene rings is 2. The van der Waals surface area contributed by atoms with Gasteiger partial charge in [0.25, 0.3) is 0 Å². The molecule has 0 aromatic heterocycles. The quantitative estimate of drug-likeness (QED) is 0.929. The maximum absolute atomic E-state index is 13.5. The summed E-state index contributed by atoms with van der Waals surface area (Å²) in [5, 5.41) is 12.6. The van der Waals surface area contributed by atoms with Crippen molar-refractivity contribution < 1.29 is 4.39 Å². The fraction of sp³-hybridized carbons (Fsp3) is 0.235. The maximum Gasteiger partial charge on any atom is 0.123 e. The van der Waals surface area contributed by atoms with E-state index in [4.69, 9.17) is 5.26 Å². The van der Waals surface area contributed by atoms with E-state index in [1.165, 1.54) is 6.07 Å². The van der Waals surface area contributed by atoms with Crippen molar-refractivity contribution in [1.82, 2.24) is 5.32 Å². The first-order chi connectivity index (χ1) is 10.3. The third-order valence-corrected chi connectivity index (χ3v) is 4.81. The number of hydrogen-bond acceptors (Lipinski definition) is 3. The number of nitrogens with one attached hydrogen (secondary N) is 1. The minimum atomic E-state index is -0.194. The lowest BCUT2D eigenvalue weighted by Crippen LogP contribution is -2.24. The van der Waals surface area contributed by atoms with Crippen LogP contribution in [0.4, 0.5) is 4.39 Å². The molecule has 0 fully saturated rings. The third kappa shape index (κ3) is 3.10. The van der Waals surface area contributed by atoms with Gasteiger partial charge in [-0.1, -0.05) is 18.2 Å². The number of rotatable bonds is 3. The van der Waals surface area contributed by atoms with E-state index in [9.17, 15) is 4.39 Å². The van der Waals surface area contributed by atoms with E-state index in [-0.39, 0.29) is 11.9 Å². The van der Waals surface area contributed by atoms with Gasteiger partial charge >= 0.3 is 0 Å². The lowest BCUT2D eigenvalue weighted by molar-refractivity contribution is 0.504. The Hall–Kier alpha value is -1.83. The number of hydrogen-bond donors (Lipinski definition) is 1. The first-order valence-electron chi connectivity index (χ1n) is 6.91. The van der Waals surface area contributed by atoms with Crippen LogP contribution in [0.2, 0.25) is 0 Å². The lowest BCUT2D eigenvalue weighted by atomic mass is 10.0. The smallest absolute Gasteiger partial charge is 0.123 e. The normalized spacial score (nSPS) is 17.0. The molecule has 0 saturated carbocycles. The molecule has 2 aromatic carbocycles. The average Bonchev–Trinajstić information content (AvgIpc) is 2.53. The van der Waals surface area contributed by atoms with Crippen molar-refractivity contribution in [3.05, 3.63) is 65.0 Å². The highest BCUT2D eigenvalue weighted by molar-refractivity contribution is 7.99. The van der Waals surface area contributed by atoms with Crippen LogP contribution in [-0.4, -0.2) is 5.75 Å². The first kappa shape index (κ1) is 14.1. The number of fused-ring (bicyclic) bond motifs is 1. The van der Waals surface area contributed by atoms with Crippen LogP contribution < -0.4 is 5.32 Å². The number of nitriles is 1. The number of nitrogens with zero attached hydrogens (tertiary/aromatic N) is 1. The molecule has 1 unspecified atom stereocenters. The summed E-state index contributed by atoms with van der Waals surface area (Å²) in [5.74, 6) is 0.830.